The Morgan fingerprint density at radius 2 is 2.09 bits per heavy atom. The number of hydrogen-bond donors (Lipinski definition) is 3. The van der Waals surface area contributed by atoms with Gasteiger partial charge in [0.05, 0.1) is 0 Å². The summed E-state index contributed by atoms with van der Waals surface area (Å²) < 4.78 is 0. The Labute approximate surface area is 66.0 Å². The van der Waals surface area contributed by atoms with Gasteiger partial charge in [-0.2, -0.15) is 0 Å². The van der Waals surface area contributed by atoms with Crippen molar-refractivity contribution in [2.75, 3.05) is 7.05 Å². The lowest BCUT2D eigenvalue weighted by atomic mass is 10.2. The molecule has 3 heteroatoms. The number of aromatic hydroxyl groups is 1. The first-order valence-electron chi connectivity index (χ1n) is 3.51. The van der Waals surface area contributed by atoms with Gasteiger partial charge in [-0.05, 0) is 13.1 Å². The highest BCUT2D eigenvalue weighted by Gasteiger charge is 1.95. The number of hydrogen-bond acceptors (Lipinski definition) is 3. The quantitative estimate of drug-likeness (QED) is 0.556. The lowest BCUT2D eigenvalue weighted by Gasteiger charge is -2.03. The molecule has 3 nitrogen and oxygen atoms in total. The van der Waals surface area contributed by atoms with E-state index in [2.05, 4.69) is 10.9 Å². The number of hydrazine groups is 1. The SMILES string of the molecule is CNNCc1ccccc1O. The second-order valence-corrected chi connectivity index (χ2v) is 2.23. The molecule has 0 aliphatic rings. The van der Waals surface area contributed by atoms with Gasteiger partial charge in [0.25, 0.3) is 0 Å². The van der Waals surface area contributed by atoms with Gasteiger partial charge in [-0.25, -0.2) is 0 Å². The first kappa shape index (κ1) is 8.04. The molecule has 0 heterocycles. The van der Waals surface area contributed by atoms with Crippen LogP contribution in [-0.2, 0) is 6.54 Å². The standard InChI is InChI=1S/C8H12N2O/c1-9-10-6-7-4-2-3-5-8(7)11/h2-5,9-11H,6H2,1H3. The number of nitrogens with one attached hydrogen (secondary N) is 2. The number of rotatable bonds is 3. The molecule has 0 saturated carbocycles. The molecule has 0 spiro atoms. The molecule has 1 rings (SSSR count). The third kappa shape index (κ3) is 2.22. The van der Waals surface area contributed by atoms with Crippen LogP contribution < -0.4 is 10.9 Å². The van der Waals surface area contributed by atoms with Gasteiger partial charge in [-0.1, -0.05) is 18.2 Å². The van der Waals surface area contributed by atoms with Crippen molar-refractivity contribution in [1.29, 1.82) is 0 Å². The molecule has 0 aliphatic carbocycles. The Balaban J connectivity index is 2.62. The van der Waals surface area contributed by atoms with Gasteiger partial charge >= 0.3 is 0 Å². The number of para-hydroxylation sites is 1. The topological polar surface area (TPSA) is 44.3 Å². The molecule has 0 atom stereocenters. The summed E-state index contributed by atoms with van der Waals surface area (Å²) in [7, 11) is 1.79. The molecule has 0 aliphatic heterocycles. The van der Waals surface area contributed by atoms with Crippen LogP contribution in [0.15, 0.2) is 24.3 Å². The molecule has 1 aromatic carbocycles. The van der Waals surface area contributed by atoms with Crippen molar-refractivity contribution in [3.8, 4) is 5.75 Å². The predicted molar refractivity (Wildman–Crippen MR) is 44.0 cm³/mol. The molecule has 3 N–H and O–H groups in total. The summed E-state index contributed by atoms with van der Waals surface area (Å²) in [6, 6.07) is 7.25. The van der Waals surface area contributed by atoms with Crippen molar-refractivity contribution in [2.45, 2.75) is 6.54 Å². The van der Waals surface area contributed by atoms with Crippen molar-refractivity contribution in [1.82, 2.24) is 10.9 Å². The second-order valence-electron chi connectivity index (χ2n) is 2.23. The van der Waals surface area contributed by atoms with Crippen LogP contribution in [0.5, 0.6) is 5.75 Å². The first-order chi connectivity index (χ1) is 5.34. The van der Waals surface area contributed by atoms with Crippen LogP contribution in [0.25, 0.3) is 0 Å². The van der Waals surface area contributed by atoms with Gasteiger partial charge in [-0.15, -0.1) is 0 Å². The highest BCUT2D eigenvalue weighted by Crippen LogP contribution is 2.14. The first-order valence-corrected chi connectivity index (χ1v) is 3.51. The molecular weight excluding hydrogens is 140 g/mol. The maximum atomic E-state index is 9.27. The molecular formula is C8H12N2O. The maximum absolute atomic E-state index is 9.27. The van der Waals surface area contributed by atoms with Gasteiger partial charge < -0.3 is 5.11 Å². The van der Waals surface area contributed by atoms with Gasteiger partial charge in [-0.3, -0.25) is 10.9 Å². The van der Waals surface area contributed by atoms with Crippen LogP contribution in [0, 0.1) is 0 Å². The largest absolute Gasteiger partial charge is 0.508 e. The normalized spacial score (nSPS) is 9.91. The Kier molecular flexibility index (Phi) is 2.89. The highest BCUT2D eigenvalue weighted by atomic mass is 16.3. The van der Waals surface area contributed by atoms with Crippen LogP contribution in [0.4, 0.5) is 0 Å². The fourth-order valence-corrected chi connectivity index (χ4v) is 0.844. The number of benzene rings is 1. The van der Waals surface area contributed by atoms with Crippen molar-refractivity contribution in [3.05, 3.63) is 29.8 Å². The van der Waals surface area contributed by atoms with Crippen LogP contribution in [0.3, 0.4) is 0 Å². The summed E-state index contributed by atoms with van der Waals surface area (Å²) in [5.74, 6) is 0.329. The van der Waals surface area contributed by atoms with E-state index < -0.39 is 0 Å². The zero-order valence-electron chi connectivity index (χ0n) is 6.46. The molecule has 0 bridgehead atoms. The average Bonchev–Trinajstić information content (AvgIpc) is 2.03. The van der Waals surface area contributed by atoms with Crippen LogP contribution in [0.1, 0.15) is 5.56 Å². The smallest absolute Gasteiger partial charge is 0.120 e. The monoisotopic (exact) mass is 152 g/mol. The Hall–Kier alpha value is -1.06. The van der Waals surface area contributed by atoms with E-state index >= 15 is 0 Å². The molecule has 11 heavy (non-hydrogen) atoms. The summed E-state index contributed by atoms with van der Waals surface area (Å²) in [6.45, 7) is 0.628. The minimum Gasteiger partial charge on any atom is -0.508 e. The van der Waals surface area contributed by atoms with E-state index in [9.17, 15) is 5.11 Å². The maximum Gasteiger partial charge on any atom is 0.120 e. The number of phenolic OH excluding ortho intramolecular Hbond substituents is 1. The van der Waals surface area contributed by atoms with Gasteiger partial charge in [0.2, 0.25) is 0 Å². The van der Waals surface area contributed by atoms with E-state index in [4.69, 9.17) is 0 Å². The molecule has 0 aromatic heterocycles. The molecule has 0 saturated heterocycles. The van der Waals surface area contributed by atoms with E-state index in [-0.39, 0.29) is 0 Å². The van der Waals surface area contributed by atoms with Crippen molar-refractivity contribution >= 4 is 0 Å². The predicted octanol–water partition coefficient (Wildman–Crippen LogP) is 0.616. The fourth-order valence-electron chi connectivity index (χ4n) is 0.844. The Morgan fingerprint density at radius 3 is 2.73 bits per heavy atom. The molecule has 0 fully saturated rings. The van der Waals surface area contributed by atoms with Crippen LogP contribution in [-0.4, -0.2) is 12.2 Å². The number of phenols is 1. The zero-order chi connectivity index (χ0) is 8.10. The summed E-state index contributed by atoms with van der Waals surface area (Å²) in [6.07, 6.45) is 0. The molecule has 1 aromatic rings. The molecule has 0 amide bonds. The average molecular weight is 152 g/mol. The van der Waals surface area contributed by atoms with E-state index in [1.54, 1.807) is 19.2 Å². The summed E-state index contributed by atoms with van der Waals surface area (Å²) in [5.41, 5.74) is 6.57. The molecule has 0 radical (unpaired) electrons. The minimum atomic E-state index is 0.329. The van der Waals surface area contributed by atoms with Crippen LogP contribution >= 0.6 is 0 Å². The van der Waals surface area contributed by atoms with Gasteiger partial charge in [0.1, 0.15) is 5.75 Å². The van der Waals surface area contributed by atoms with Crippen molar-refractivity contribution in [3.63, 3.8) is 0 Å². The second kappa shape index (κ2) is 3.95. The fraction of sp³-hybridized carbons (Fsp3) is 0.250. The Bertz CT molecular complexity index is 225. The summed E-state index contributed by atoms with van der Waals surface area (Å²) in [5, 5.41) is 9.27. The molecule has 0 unspecified atom stereocenters. The van der Waals surface area contributed by atoms with Crippen molar-refractivity contribution < 1.29 is 5.11 Å². The lowest BCUT2D eigenvalue weighted by Crippen LogP contribution is -2.26. The van der Waals surface area contributed by atoms with Crippen LogP contribution in [0.2, 0.25) is 0 Å². The summed E-state index contributed by atoms with van der Waals surface area (Å²) >= 11 is 0. The van der Waals surface area contributed by atoms with E-state index in [0.29, 0.717) is 12.3 Å². The van der Waals surface area contributed by atoms with E-state index in [1.165, 1.54) is 0 Å². The highest BCUT2D eigenvalue weighted by molar-refractivity contribution is 5.31. The van der Waals surface area contributed by atoms with E-state index in [0.717, 1.165) is 5.56 Å². The summed E-state index contributed by atoms with van der Waals surface area (Å²) in [4.78, 5) is 0. The van der Waals surface area contributed by atoms with E-state index in [1.807, 2.05) is 12.1 Å². The Morgan fingerprint density at radius 1 is 1.36 bits per heavy atom. The van der Waals surface area contributed by atoms with Gasteiger partial charge in [0, 0.05) is 12.1 Å². The lowest BCUT2D eigenvalue weighted by molar-refractivity contribution is 0.461. The minimum absolute atomic E-state index is 0.329. The third-order valence-electron chi connectivity index (χ3n) is 1.45. The molecule has 60 valence electrons. The van der Waals surface area contributed by atoms with Crippen molar-refractivity contribution in [2.24, 2.45) is 0 Å². The zero-order valence-corrected chi connectivity index (χ0v) is 6.46. The third-order valence-corrected chi connectivity index (χ3v) is 1.45. The van der Waals surface area contributed by atoms with Gasteiger partial charge in [0.15, 0.2) is 0 Å².